The van der Waals surface area contributed by atoms with Gasteiger partial charge in [-0.05, 0) is 12.3 Å². The van der Waals surface area contributed by atoms with Crippen molar-refractivity contribution < 1.29 is 27.0 Å². The van der Waals surface area contributed by atoms with Crippen molar-refractivity contribution in [3.05, 3.63) is 0 Å². The summed E-state index contributed by atoms with van der Waals surface area (Å²) in [6.07, 6.45) is 0.551. The number of hydrogen-bond donors (Lipinski definition) is 2. The maximum Gasteiger partial charge on any atom is 0.320 e. The zero-order chi connectivity index (χ0) is 7.44. The standard InChI is InChI=1S/C6H13NO2.Cu/c1-4(2)3-5(7)6(8)9;/h4-5H,3,7H2,1-2H3,(H,8,9);/t5-;/m0./s1. The first-order valence-electron chi connectivity index (χ1n) is 3.02. The van der Waals surface area contributed by atoms with Gasteiger partial charge in [0.1, 0.15) is 6.04 Å². The topological polar surface area (TPSA) is 63.3 Å². The van der Waals surface area contributed by atoms with Crippen LogP contribution in [0.25, 0.3) is 0 Å². The van der Waals surface area contributed by atoms with Gasteiger partial charge in [0, 0.05) is 17.1 Å². The van der Waals surface area contributed by atoms with Gasteiger partial charge < -0.3 is 10.8 Å². The summed E-state index contributed by atoms with van der Waals surface area (Å²) in [4.78, 5) is 10.1. The molecule has 0 unspecified atom stereocenters. The molecule has 0 amide bonds. The van der Waals surface area contributed by atoms with Crippen molar-refractivity contribution in [2.24, 2.45) is 11.7 Å². The van der Waals surface area contributed by atoms with Crippen molar-refractivity contribution in [2.45, 2.75) is 26.3 Å². The molecule has 0 fully saturated rings. The van der Waals surface area contributed by atoms with Crippen molar-refractivity contribution in [3.63, 3.8) is 0 Å². The first kappa shape index (κ1) is 12.6. The van der Waals surface area contributed by atoms with Gasteiger partial charge >= 0.3 is 5.97 Å². The second-order valence-corrected chi connectivity index (χ2v) is 2.57. The average molecular weight is 195 g/mol. The molecule has 0 aromatic rings. The Morgan fingerprint density at radius 3 is 2.10 bits per heavy atom. The molecule has 3 nitrogen and oxygen atoms in total. The minimum atomic E-state index is -0.913. The van der Waals surface area contributed by atoms with E-state index in [1.54, 1.807) is 0 Å². The third-order valence-corrected chi connectivity index (χ3v) is 1.04. The Morgan fingerprint density at radius 1 is 1.60 bits per heavy atom. The van der Waals surface area contributed by atoms with E-state index in [1.807, 2.05) is 13.8 Å². The summed E-state index contributed by atoms with van der Waals surface area (Å²) in [6, 6.07) is -0.690. The van der Waals surface area contributed by atoms with Gasteiger partial charge in [0.25, 0.3) is 0 Å². The Bertz CT molecular complexity index is 106. The molecule has 4 heteroatoms. The molecule has 3 N–H and O–H groups in total. The molecule has 0 aliphatic heterocycles. The number of rotatable bonds is 3. The predicted octanol–water partition coefficient (Wildman–Crippen LogP) is 0.442. The van der Waals surface area contributed by atoms with Crippen molar-refractivity contribution in [3.8, 4) is 0 Å². The normalized spacial score (nSPS) is 12.4. The summed E-state index contributed by atoms with van der Waals surface area (Å²) in [5, 5.41) is 8.31. The van der Waals surface area contributed by atoms with Crippen LogP contribution in [-0.4, -0.2) is 17.1 Å². The summed E-state index contributed by atoms with van der Waals surface area (Å²) in [5.74, 6) is -0.556. The molecule has 0 aromatic heterocycles. The fraction of sp³-hybridized carbons (Fsp3) is 0.833. The number of carbonyl (C=O) groups is 1. The van der Waals surface area contributed by atoms with E-state index in [-0.39, 0.29) is 17.1 Å². The maximum atomic E-state index is 10.1. The molecular formula is C6H13CuNO2. The molecule has 1 radical (unpaired) electrons. The molecule has 0 saturated carbocycles. The van der Waals surface area contributed by atoms with Gasteiger partial charge in [-0.25, -0.2) is 0 Å². The van der Waals surface area contributed by atoms with E-state index in [1.165, 1.54) is 0 Å². The van der Waals surface area contributed by atoms with E-state index in [9.17, 15) is 4.79 Å². The fourth-order valence-electron chi connectivity index (χ4n) is 0.609. The molecule has 0 aromatic carbocycles. The van der Waals surface area contributed by atoms with Crippen LogP contribution in [-0.2, 0) is 21.9 Å². The number of aliphatic carboxylic acids is 1. The van der Waals surface area contributed by atoms with Gasteiger partial charge in [0.2, 0.25) is 0 Å². The van der Waals surface area contributed by atoms with Crippen LogP contribution in [0, 0.1) is 5.92 Å². The minimum Gasteiger partial charge on any atom is -0.480 e. The number of carboxylic acids is 1. The third-order valence-electron chi connectivity index (χ3n) is 1.04. The van der Waals surface area contributed by atoms with Crippen molar-refractivity contribution >= 4 is 5.97 Å². The van der Waals surface area contributed by atoms with Crippen molar-refractivity contribution in [1.82, 2.24) is 0 Å². The second kappa shape index (κ2) is 5.71. The van der Waals surface area contributed by atoms with Gasteiger partial charge in [0.05, 0.1) is 0 Å². The Hall–Kier alpha value is -0.0505. The largest absolute Gasteiger partial charge is 0.480 e. The average Bonchev–Trinajstić information content (AvgIpc) is 1.63. The molecular weight excluding hydrogens is 182 g/mol. The van der Waals surface area contributed by atoms with Gasteiger partial charge in [-0.1, -0.05) is 13.8 Å². The number of hydrogen-bond acceptors (Lipinski definition) is 2. The zero-order valence-electron chi connectivity index (χ0n) is 6.10. The summed E-state index contributed by atoms with van der Waals surface area (Å²) in [6.45, 7) is 3.89. The van der Waals surface area contributed by atoms with Gasteiger partial charge in [-0.3, -0.25) is 4.79 Å². The zero-order valence-corrected chi connectivity index (χ0v) is 7.04. The van der Waals surface area contributed by atoms with Crippen LogP contribution in [0.3, 0.4) is 0 Å². The van der Waals surface area contributed by atoms with E-state index in [0.717, 1.165) is 0 Å². The molecule has 65 valence electrons. The minimum absolute atomic E-state index is 0. The van der Waals surface area contributed by atoms with E-state index < -0.39 is 12.0 Å². The molecule has 0 saturated heterocycles. The van der Waals surface area contributed by atoms with Crippen LogP contribution in [0.4, 0.5) is 0 Å². The van der Waals surface area contributed by atoms with E-state index in [4.69, 9.17) is 10.8 Å². The van der Waals surface area contributed by atoms with Crippen LogP contribution in [0.1, 0.15) is 20.3 Å². The molecule has 1 atom stereocenters. The Kier molecular flexibility index (Phi) is 7.20. The molecule has 0 rings (SSSR count). The fourth-order valence-corrected chi connectivity index (χ4v) is 0.609. The molecule has 10 heavy (non-hydrogen) atoms. The monoisotopic (exact) mass is 194 g/mol. The Morgan fingerprint density at radius 2 is 2.00 bits per heavy atom. The third kappa shape index (κ3) is 6.08. The van der Waals surface area contributed by atoms with Crippen LogP contribution in [0.5, 0.6) is 0 Å². The Balaban J connectivity index is 0. The first-order chi connectivity index (χ1) is 4.04. The number of carboxylic acid groups (broad SMARTS) is 1. The smallest absolute Gasteiger partial charge is 0.320 e. The maximum absolute atomic E-state index is 10.1. The first-order valence-corrected chi connectivity index (χ1v) is 3.02. The Labute approximate surface area is 71.5 Å². The summed E-state index contributed by atoms with van der Waals surface area (Å²) >= 11 is 0. The van der Waals surface area contributed by atoms with Gasteiger partial charge in [-0.15, -0.1) is 0 Å². The summed E-state index contributed by atoms with van der Waals surface area (Å²) in [5.41, 5.74) is 5.22. The van der Waals surface area contributed by atoms with Crippen LogP contribution in [0.15, 0.2) is 0 Å². The van der Waals surface area contributed by atoms with Gasteiger partial charge in [0.15, 0.2) is 0 Å². The van der Waals surface area contributed by atoms with Crippen LogP contribution in [0.2, 0.25) is 0 Å². The van der Waals surface area contributed by atoms with E-state index >= 15 is 0 Å². The summed E-state index contributed by atoms with van der Waals surface area (Å²) in [7, 11) is 0. The van der Waals surface area contributed by atoms with E-state index in [2.05, 4.69) is 0 Å². The number of nitrogens with two attached hydrogens (primary N) is 1. The van der Waals surface area contributed by atoms with Crippen LogP contribution >= 0.6 is 0 Å². The molecule has 0 bridgehead atoms. The van der Waals surface area contributed by atoms with Gasteiger partial charge in [-0.2, -0.15) is 0 Å². The predicted molar refractivity (Wildman–Crippen MR) is 35.1 cm³/mol. The molecule has 0 heterocycles. The van der Waals surface area contributed by atoms with Crippen molar-refractivity contribution in [2.75, 3.05) is 0 Å². The SMILES string of the molecule is CC(C)C[C@H](N)C(=O)O.[Cu]. The molecule has 0 spiro atoms. The van der Waals surface area contributed by atoms with Crippen molar-refractivity contribution in [1.29, 1.82) is 0 Å². The molecule has 0 aliphatic rings. The molecule has 0 aliphatic carbocycles. The van der Waals surface area contributed by atoms with Crippen LogP contribution < -0.4 is 5.73 Å². The quantitative estimate of drug-likeness (QED) is 0.641. The van der Waals surface area contributed by atoms with E-state index in [0.29, 0.717) is 12.3 Å². The second-order valence-electron chi connectivity index (χ2n) is 2.57. The summed E-state index contributed by atoms with van der Waals surface area (Å²) < 4.78 is 0.